The largest absolute Gasteiger partial charge is 0.348 e. The van der Waals surface area contributed by atoms with Crippen LogP contribution in [0.3, 0.4) is 0 Å². The van der Waals surface area contributed by atoms with Crippen molar-refractivity contribution in [3.05, 3.63) is 35.4 Å². The zero-order chi connectivity index (χ0) is 13.7. The maximum atomic E-state index is 11.9. The summed E-state index contributed by atoms with van der Waals surface area (Å²) in [5.74, 6) is 0.903. The zero-order valence-electron chi connectivity index (χ0n) is 12.3. The molecule has 2 N–H and O–H groups in total. The summed E-state index contributed by atoms with van der Waals surface area (Å²) in [5, 5.41) is 6.32. The van der Waals surface area contributed by atoms with Gasteiger partial charge in [-0.05, 0) is 44.2 Å². The fourth-order valence-corrected chi connectivity index (χ4v) is 2.18. The van der Waals surface area contributed by atoms with Gasteiger partial charge in [0.2, 0.25) is 5.91 Å². The molecular weight excluding hydrogens is 272 g/mol. The molecule has 1 atom stereocenters. The van der Waals surface area contributed by atoms with E-state index in [0.29, 0.717) is 6.54 Å². The van der Waals surface area contributed by atoms with Crippen molar-refractivity contribution in [2.45, 2.75) is 39.2 Å². The van der Waals surface area contributed by atoms with Gasteiger partial charge in [-0.3, -0.25) is 4.79 Å². The Labute approximate surface area is 127 Å². The lowest BCUT2D eigenvalue weighted by molar-refractivity contribution is -0.121. The first-order valence-electron chi connectivity index (χ1n) is 7.25. The molecule has 3 nitrogen and oxygen atoms in total. The molecule has 0 heterocycles. The first-order chi connectivity index (χ1) is 9.19. The molecule has 0 aliphatic heterocycles. The van der Waals surface area contributed by atoms with E-state index in [4.69, 9.17) is 0 Å². The molecule has 0 saturated heterocycles. The van der Waals surface area contributed by atoms with Crippen molar-refractivity contribution >= 4 is 18.3 Å². The van der Waals surface area contributed by atoms with Crippen molar-refractivity contribution in [1.29, 1.82) is 0 Å². The van der Waals surface area contributed by atoms with Crippen molar-refractivity contribution in [1.82, 2.24) is 10.6 Å². The minimum Gasteiger partial charge on any atom is -0.348 e. The van der Waals surface area contributed by atoms with E-state index in [1.165, 1.54) is 24.0 Å². The molecule has 0 spiro atoms. The Balaban J connectivity index is 0.00000200. The van der Waals surface area contributed by atoms with E-state index in [-0.39, 0.29) is 24.4 Å². The number of carbonyl (C=O) groups excluding carboxylic acids is 1. The molecule has 1 fully saturated rings. The van der Waals surface area contributed by atoms with Crippen LogP contribution in [0.25, 0.3) is 0 Å². The highest BCUT2D eigenvalue weighted by molar-refractivity contribution is 5.85. The van der Waals surface area contributed by atoms with Crippen molar-refractivity contribution in [3.8, 4) is 0 Å². The van der Waals surface area contributed by atoms with Gasteiger partial charge in [-0.15, -0.1) is 12.4 Å². The van der Waals surface area contributed by atoms with Crippen LogP contribution >= 0.6 is 12.4 Å². The molecule has 1 amide bonds. The third-order valence-corrected chi connectivity index (χ3v) is 3.64. The molecule has 112 valence electrons. The summed E-state index contributed by atoms with van der Waals surface area (Å²) < 4.78 is 0. The minimum absolute atomic E-state index is 0. The van der Waals surface area contributed by atoms with Gasteiger partial charge in [-0.2, -0.15) is 0 Å². The second-order valence-electron chi connectivity index (χ2n) is 5.51. The maximum Gasteiger partial charge on any atom is 0.234 e. The SMILES string of the molecule is CCC(NC(=O)CNCC1CC1)c1ccc(C)cc1.Cl. The Hall–Kier alpha value is -1.06. The van der Waals surface area contributed by atoms with E-state index in [2.05, 4.69) is 48.7 Å². The molecule has 4 heteroatoms. The van der Waals surface area contributed by atoms with Crippen molar-refractivity contribution < 1.29 is 4.79 Å². The number of halogens is 1. The molecule has 1 aliphatic rings. The molecule has 1 aliphatic carbocycles. The molecule has 2 rings (SSSR count). The lowest BCUT2D eigenvalue weighted by atomic mass is 10.0. The number of amides is 1. The quantitative estimate of drug-likeness (QED) is 0.812. The lowest BCUT2D eigenvalue weighted by Gasteiger charge is -2.18. The van der Waals surface area contributed by atoms with Crippen LogP contribution < -0.4 is 10.6 Å². The fraction of sp³-hybridized carbons (Fsp3) is 0.562. The molecular formula is C16H25ClN2O. The monoisotopic (exact) mass is 296 g/mol. The molecule has 1 aromatic rings. The molecule has 20 heavy (non-hydrogen) atoms. The van der Waals surface area contributed by atoms with Gasteiger partial charge in [0.15, 0.2) is 0 Å². The van der Waals surface area contributed by atoms with E-state index in [0.717, 1.165) is 18.9 Å². The number of carbonyl (C=O) groups is 1. The molecule has 0 bridgehead atoms. The molecule has 1 unspecified atom stereocenters. The average Bonchev–Trinajstić information content (AvgIpc) is 3.21. The van der Waals surface area contributed by atoms with Gasteiger partial charge in [-0.1, -0.05) is 36.8 Å². The molecule has 1 saturated carbocycles. The van der Waals surface area contributed by atoms with Gasteiger partial charge in [-0.25, -0.2) is 0 Å². The number of benzene rings is 1. The summed E-state index contributed by atoms with van der Waals surface area (Å²) in [6, 6.07) is 8.50. The van der Waals surface area contributed by atoms with Crippen LogP contribution in [0, 0.1) is 12.8 Å². The number of rotatable bonds is 7. The second kappa shape index (κ2) is 8.28. The highest BCUT2D eigenvalue weighted by atomic mass is 35.5. The van der Waals surface area contributed by atoms with E-state index >= 15 is 0 Å². The lowest BCUT2D eigenvalue weighted by Crippen LogP contribution is -2.36. The number of nitrogens with one attached hydrogen (secondary N) is 2. The first-order valence-corrected chi connectivity index (χ1v) is 7.25. The van der Waals surface area contributed by atoms with E-state index in [9.17, 15) is 4.79 Å². The van der Waals surface area contributed by atoms with Crippen LogP contribution in [0.1, 0.15) is 43.4 Å². The minimum atomic E-state index is 0. The number of hydrogen-bond acceptors (Lipinski definition) is 2. The van der Waals surface area contributed by atoms with Crippen molar-refractivity contribution in [2.24, 2.45) is 5.92 Å². The third-order valence-electron chi connectivity index (χ3n) is 3.64. The zero-order valence-corrected chi connectivity index (χ0v) is 13.1. The van der Waals surface area contributed by atoms with Crippen LogP contribution in [0.15, 0.2) is 24.3 Å². The summed E-state index contributed by atoms with van der Waals surface area (Å²) in [5.41, 5.74) is 2.43. The van der Waals surface area contributed by atoms with Gasteiger partial charge < -0.3 is 10.6 Å². The van der Waals surface area contributed by atoms with E-state index in [1.807, 2.05) is 0 Å². The predicted octanol–water partition coefficient (Wildman–Crippen LogP) is 2.98. The molecule has 0 aromatic heterocycles. The Kier molecular flexibility index (Phi) is 7.03. The van der Waals surface area contributed by atoms with Gasteiger partial charge >= 0.3 is 0 Å². The first kappa shape index (κ1) is 17.0. The van der Waals surface area contributed by atoms with Crippen molar-refractivity contribution in [2.75, 3.05) is 13.1 Å². The van der Waals surface area contributed by atoms with Gasteiger partial charge in [0.05, 0.1) is 12.6 Å². The smallest absolute Gasteiger partial charge is 0.234 e. The van der Waals surface area contributed by atoms with Crippen LogP contribution in [-0.2, 0) is 4.79 Å². The van der Waals surface area contributed by atoms with Crippen LogP contribution in [-0.4, -0.2) is 19.0 Å². The third kappa shape index (κ3) is 5.51. The number of hydrogen-bond donors (Lipinski definition) is 2. The summed E-state index contributed by atoms with van der Waals surface area (Å²) in [7, 11) is 0. The Morgan fingerprint density at radius 1 is 1.30 bits per heavy atom. The van der Waals surface area contributed by atoms with Gasteiger partial charge in [0, 0.05) is 0 Å². The van der Waals surface area contributed by atoms with E-state index < -0.39 is 0 Å². The normalized spacial score (nSPS) is 15.3. The van der Waals surface area contributed by atoms with Gasteiger partial charge in [0.25, 0.3) is 0 Å². The standard InChI is InChI=1S/C16H24N2O.ClH/c1-3-15(14-8-4-12(2)5-9-14)18-16(19)11-17-10-13-6-7-13;/h4-5,8-9,13,15,17H,3,6-7,10-11H2,1-2H3,(H,18,19);1H. The summed E-state index contributed by atoms with van der Waals surface area (Å²) in [6.07, 6.45) is 3.54. The number of aryl methyl sites for hydroxylation is 1. The van der Waals surface area contributed by atoms with Crippen LogP contribution in [0.2, 0.25) is 0 Å². The topological polar surface area (TPSA) is 41.1 Å². The second-order valence-corrected chi connectivity index (χ2v) is 5.51. The summed E-state index contributed by atoms with van der Waals surface area (Å²) in [6.45, 7) is 5.58. The van der Waals surface area contributed by atoms with Gasteiger partial charge in [0.1, 0.15) is 0 Å². The highest BCUT2D eigenvalue weighted by Crippen LogP contribution is 2.27. The molecule has 1 aromatic carbocycles. The predicted molar refractivity (Wildman–Crippen MR) is 85.2 cm³/mol. The Bertz CT molecular complexity index is 415. The Morgan fingerprint density at radius 3 is 2.50 bits per heavy atom. The average molecular weight is 297 g/mol. The Morgan fingerprint density at radius 2 is 1.95 bits per heavy atom. The highest BCUT2D eigenvalue weighted by Gasteiger charge is 2.20. The summed E-state index contributed by atoms with van der Waals surface area (Å²) >= 11 is 0. The molecule has 0 radical (unpaired) electrons. The fourth-order valence-electron chi connectivity index (χ4n) is 2.18. The summed E-state index contributed by atoms with van der Waals surface area (Å²) in [4.78, 5) is 11.9. The van der Waals surface area contributed by atoms with Crippen molar-refractivity contribution in [3.63, 3.8) is 0 Å². The maximum absolute atomic E-state index is 11.9. The van der Waals surface area contributed by atoms with Crippen LogP contribution in [0.4, 0.5) is 0 Å². The van der Waals surface area contributed by atoms with E-state index in [1.54, 1.807) is 0 Å². The van der Waals surface area contributed by atoms with Crippen LogP contribution in [0.5, 0.6) is 0 Å².